The molecule has 104 valence electrons. The summed E-state index contributed by atoms with van der Waals surface area (Å²) in [5.74, 6) is 1.65. The van der Waals surface area contributed by atoms with Crippen molar-refractivity contribution in [2.24, 2.45) is 11.8 Å². The van der Waals surface area contributed by atoms with E-state index in [0.29, 0.717) is 6.42 Å². The Kier molecular flexibility index (Phi) is 7.79. The van der Waals surface area contributed by atoms with E-state index in [1.807, 2.05) is 0 Å². The summed E-state index contributed by atoms with van der Waals surface area (Å²) in [6, 6.07) is 0. The standard InChI is InChI=1S/C16H28O2/c1-3-4-9-14-11-8-12-15(14)10-6-5-7-13-16(17)18-2/h4,9,14-15H,3,5-8,10-13H2,1-2H3/t14-,15-/m0/s1. The fourth-order valence-electron chi connectivity index (χ4n) is 2.94. The van der Waals surface area contributed by atoms with Gasteiger partial charge in [0.2, 0.25) is 0 Å². The van der Waals surface area contributed by atoms with Gasteiger partial charge in [0, 0.05) is 6.42 Å². The zero-order valence-electron chi connectivity index (χ0n) is 12.0. The van der Waals surface area contributed by atoms with Crippen LogP contribution in [0.5, 0.6) is 0 Å². The minimum atomic E-state index is -0.0698. The average Bonchev–Trinajstić information content (AvgIpc) is 2.83. The van der Waals surface area contributed by atoms with E-state index in [9.17, 15) is 4.79 Å². The fraction of sp³-hybridized carbons (Fsp3) is 0.812. The summed E-state index contributed by atoms with van der Waals surface area (Å²) >= 11 is 0. The van der Waals surface area contributed by atoms with E-state index in [2.05, 4.69) is 23.8 Å². The molecule has 2 nitrogen and oxygen atoms in total. The number of rotatable bonds is 8. The lowest BCUT2D eigenvalue weighted by atomic mass is 9.90. The molecule has 0 saturated heterocycles. The molecule has 0 aromatic rings. The molecule has 1 aliphatic rings. The van der Waals surface area contributed by atoms with Crippen molar-refractivity contribution >= 4 is 5.97 Å². The number of methoxy groups -OCH3 is 1. The van der Waals surface area contributed by atoms with Gasteiger partial charge < -0.3 is 4.74 Å². The van der Waals surface area contributed by atoms with Crippen molar-refractivity contribution in [1.82, 2.24) is 0 Å². The Morgan fingerprint density at radius 2 is 2.11 bits per heavy atom. The van der Waals surface area contributed by atoms with E-state index < -0.39 is 0 Å². The van der Waals surface area contributed by atoms with Crippen molar-refractivity contribution in [3.05, 3.63) is 12.2 Å². The largest absolute Gasteiger partial charge is 0.469 e. The maximum absolute atomic E-state index is 11.0. The zero-order valence-corrected chi connectivity index (χ0v) is 12.0. The predicted molar refractivity (Wildman–Crippen MR) is 75.4 cm³/mol. The van der Waals surface area contributed by atoms with Gasteiger partial charge in [-0.15, -0.1) is 0 Å². The topological polar surface area (TPSA) is 26.3 Å². The SMILES string of the molecule is CCC=C[C@H]1CCC[C@@H]1CCCCCC(=O)OC. The Labute approximate surface area is 112 Å². The molecule has 1 saturated carbocycles. The highest BCUT2D eigenvalue weighted by atomic mass is 16.5. The Morgan fingerprint density at radius 1 is 1.28 bits per heavy atom. The van der Waals surface area contributed by atoms with Gasteiger partial charge in [0.1, 0.15) is 0 Å². The second kappa shape index (κ2) is 9.18. The molecule has 0 N–H and O–H groups in total. The van der Waals surface area contributed by atoms with Crippen LogP contribution < -0.4 is 0 Å². The van der Waals surface area contributed by atoms with E-state index in [4.69, 9.17) is 0 Å². The van der Waals surface area contributed by atoms with Crippen molar-refractivity contribution in [2.75, 3.05) is 7.11 Å². The number of unbranched alkanes of at least 4 members (excludes halogenated alkanes) is 2. The highest BCUT2D eigenvalue weighted by Crippen LogP contribution is 2.36. The summed E-state index contributed by atoms with van der Waals surface area (Å²) in [4.78, 5) is 11.0. The summed E-state index contributed by atoms with van der Waals surface area (Å²) in [7, 11) is 1.46. The predicted octanol–water partition coefficient (Wildman–Crippen LogP) is 4.49. The fourth-order valence-corrected chi connectivity index (χ4v) is 2.94. The number of allylic oxidation sites excluding steroid dienone is 2. The average molecular weight is 252 g/mol. The summed E-state index contributed by atoms with van der Waals surface area (Å²) in [6.07, 6.45) is 15.4. The molecule has 2 heteroatoms. The maximum Gasteiger partial charge on any atom is 0.305 e. The first-order valence-corrected chi connectivity index (χ1v) is 7.51. The van der Waals surface area contributed by atoms with Crippen LogP contribution in [-0.4, -0.2) is 13.1 Å². The van der Waals surface area contributed by atoms with Crippen LogP contribution in [0.1, 0.15) is 64.7 Å². The van der Waals surface area contributed by atoms with Gasteiger partial charge in [-0.1, -0.05) is 38.3 Å². The third-order valence-corrected chi connectivity index (χ3v) is 4.02. The second-order valence-electron chi connectivity index (χ2n) is 5.37. The van der Waals surface area contributed by atoms with E-state index in [-0.39, 0.29) is 5.97 Å². The molecular formula is C16H28O2. The Hall–Kier alpha value is -0.790. The van der Waals surface area contributed by atoms with E-state index >= 15 is 0 Å². The van der Waals surface area contributed by atoms with Crippen LogP contribution in [0.25, 0.3) is 0 Å². The van der Waals surface area contributed by atoms with Crippen LogP contribution >= 0.6 is 0 Å². The Balaban J connectivity index is 2.10. The molecule has 0 heterocycles. The minimum Gasteiger partial charge on any atom is -0.469 e. The van der Waals surface area contributed by atoms with Gasteiger partial charge in [0.15, 0.2) is 0 Å². The minimum absolute atomic E-state index is 0.0698. The quantitative estimate of drug-likeness (QED) is 0.361. The number of hydrogen-bond acceptors (Lipinski definition) is 2. The van der Waals surface area contributed by atoms with Gasteiger partial charge in [-0.3, -0.25) is 4.79 Å². The van der Waals surface area contributed by atoms with Crippen LogP contribution in [0.3, 0.4) is 0 Å². The molecule has 0 bridgehead atoms. The molecule has 1 aliphatic carbocycles. The summed E-state index contributed by atoms with van der Waals surface area (Å²) in [5, 5.41) is 0. The number of hydrogen-bond donors (Lipinski definition) is 0. The highest BCUT2D eigenvalue weighted by Gasteiger charge is 2.24. The lowest BCUT2D eigenvalue weighted by molar-refractivity contribution is -0.140. The van der Waals surface area contributed by atoms with Crippen molar-refractivity contribution in [2.45, 2.75) is 64.7 Å². The number of ether oxygens (including phenoxy) is 1. The molecule has 0 aliphatic heterocycles. The molecule has 0 unspecified atom stereocenters. The number of esters is 1. The highest BCUT2D eigenvalue weighted by molar-refractivity contribution is 5.68. The first-order chi connectivity index (χ1) is 8.77. The first-order valence-electron chi connectivity index (χ1n) is 7.51. The zero-order chi connectivity index (χ0) is 13.2. The van der Waals surface area contributed by atoms with Crippen molar-refractivity contribution in [3.63, 3.8) is 0 Å². The van der Waals surface area contributed by atoms with E-state index in [0.717, 1.165) is 31.1 Å². The van der Waals surface area contributed by atoms with E-state index in [1.165, 1.54) is 39.2 Å². The molecule has 18 heavy (non-hydrogen) atoms. The normalized spacial score (nSPS) is 23.7. The van der Waals surface area contributed by atoms with Crippen molar-refractivity contribution in [1.29, 1.82) is 0 Å². The van der Waals surface area contributed by atoms with Crippen LogP contribution in [0.15, 0.2) is 12.2 Å². The summed E-state index contributed by atoms with van der Waals surface area (Å²) in [6.45, 7) is 2.20. The lowest BCUT2D eigenvalue weighted by Crippen LogP contribution is -2.05. The van der Waals surface area contributed by atoms with Gasteiger partial charge in [0.25, 0.3) is 0 Å². The van der Waals surface area contributed by atoms with Crippen molar-refractivity contribution in [3.8, 4) is 0 Å². The maximum atomic E-state index is 11.0. The van der Waals surface area contributed by atoms with Crippen LogP contribution in [0, 0.1) is 11.8 Å². The molecule has 0 radical (unpaired) electrons. The van der Waals surface area contributed by atoms with Gasteiger partial charge in [-0.2, -0.15) is 0 Å². The second-order valence-corrected chi connectivity index (χ2v) is 5.37. The van der Waals surface area contributed by atoms with Crippen LogP contribution in [0.2, 0.25) is 0 Å². The summed E-state index contributed by atoms with van der Waals surface area (Å²) in [5.41, 5.74) is 0. The molecule has 1 fully saturated rings. The molecule has 1 rings (SSSR count). The molecule has 2 atom stereocenters. The van der Waals surface area contributed by atoms with Gasteiger partial charge in [-0.25, -0.2) is 0 Å². The van der Waals surface area contributed by atoms with E-state index in [1.54, 1.807) is 0 Å². The van der Waals surface area contributed by atoms with Gasteiger partial charge >= 0.3 is 5.97 Å². The third-order valence-electron chi connectivity index (χ3n) is 4.02. The summed E-state index contributed by atoms with van der Waals surface area (Å²) < 4.78 is 4.64. The lowest BCUT2D eigenvalue weighted by Gasteiger charge is -2.15. The van der Waals surface area contributed by atoms with Gasteiger partial charge in [0.05, 0.1) is 7.11 Å². The Bertz CT molecular complexity index is 258. The van der Waals surface area contributed by atoms with Crippen LogP contribution in [0.4, 0.5) is 0 Å². The number of carbonyl (C=O) groups excluding carboxylic acids is 1. The molecule has 0 spiro atoms. The number of carbonyl (C=O) groups is 1. The molecule has 0 aromatic carbocycles. The van der Waals surface area contributed by atoms with Crippen molar-refractivity contribution < 1.29 is 9.53 Å². The monoisotopic (exact) mass is 252 g/mol. The first kappa shape index (κ1) is 15.3. The Morgan fingerprint density at radius 3 is 2.83 bits per heavy atom. The van der Waals surface area contributed by atoms with Crippen LogP contribution in [-0.2, 0) is 9.53 Å². The molecule has 0 amide bonds. The molecular weight excluding hydrogens is 224 g/mol. The molecule has 0 aromatic heterocycles. The van der Waals surface area contributed by atoms with Gasteiger partial charge in [-0.05, 0) is 43.9 Å². The smallest absolute Gasteiger partial charge is 0.305 e. The third kappa shape index (κ3) is 5.70.